The van der Waals surface area contributed by atoms with E-state index in [1.165, 1.54) is 17.8 Å². The number of amides is 1. The smallest absolute Gasteiger partial charge is 0.319 e. The van der Waals surface area contributed by atoms with Crippen LogP contribution >= 0.6 is 23.4 Å². The van der Waals surface area contributed by atoms with E-state index in [-0.39, 0.29) is 28.5 Å². The molecule has 7 heteroatoms. The molecule has 1 N–H and O–H groups in total. The van der Waals surface area contributed by atoms with Crippen molar-refractivity contribution in [2.45, 2.75) is 64.5 Å². The molecular formula is C20H29ClFNO3S. The highest BCUT2D eigenvalue weighted by molar-refractivity contribution is 8.00. The molecule has 0 aliphatic heterocycles. The number of rotatable bonds is 8. The zero-order valence-electron chi connectivity index (χ0n) is 16.8. The van der Waals surface area contributed by atoms with Gasteiger partial charge in [-0.15, -0.1) is 11.8 Å². The summed E-state index contributed by atoms with van der Waals surface area (Å²) >= 11 is 7.41. The van der Waals surface area contributed by atoms with Crippen molar-refractivity contribution in [3.63, 3.8) is 0 Å². The van der Waals surface area contributed by atoms with E-state index in [0.29, 0.717) is 17.9 Å². The fraction of sp³-hybridized carbons (Fsp3) is 0.600. The van der Waals surface area contributed by atoms with Gasteiger partial charge in [-0.3, -0.25) is 9.59 Å². The van der Waals surface area contributed by atoms with Crippen molar-refractivity contribution in [3.05, 3.63) is 23.0 Å². The van der Waals surface area contributed by atoms with Crippen molar-refractivity contribution >= 4 is 40.9 Å². The maximum atomic E-state index is 14.2. The SMILES string of the molecule is CCCC(Sc1cc(NC(=O)C(C)(C)C)c(F)cc1Cl)C(=O)OCC(C)C. The molecule has 1 atom stereocenters. The number of hydrogen-bond acceptors (Lipinski definition) is 4. The Kier molecular flexibility index (Phi) is 9.09. The molecule has 0 heterocycles. The first-order chi connectivity index (χ1) is 12.5. The third-order valence-corrected chi connectivity index (χ3v) is 5.32. The molecule has 0 bridgehead atoms. The highest BCUT2D eigenvalue weighted by Gasteiger charge is 2.25. The third-order valence-electron chi connectivity index (χ3n) is 3.59. The van der Waals surface area contributed by atoms with E-state index in [4.69, 9.17) is 16.3 Å². The molecule has 1 rings (SSSR count). The Hall–Kier alpha value is -1.27. The van der Waals surface area contributed by atoms with E-state index in [1.54, 1.807) is 20.8 Å². The van der Waals surface area contributed by atoms with Crippen molar-refractivity contribution in [1.82, 2.24) is 0 Å². The first-order valence-electron chi connectivity index (χ1n) is 9.09. The molecule has 27 heavy (non-hydrogen) atoms. The Balaban J connectivity index is 3.04. The van der Waals surface area contributed by atoms with Crippen LogP contribution in [-0.2, 0) is 14.3 Å². The fourth-order valence-electron chi connectivity index (χ4n) is 2.01. The number of nitrogens with one attached hydrogen (secondary N) is 1. The van der Waals surface area contributed by atoms with Crippen molar-refractivity contribution < 1.29 is 18.7 Å². The lowest BCUT2D eigenvalue weighted by Gasteiger charge is -2.20. The summed E-state index contributed by atoms with van der Waals surface area (Å²) in [6, 6.07) is 2.63. The van der Waals surface area contributed by atoms with Crippen LogP contribution in [0.15, 0.2) is 17.0 Å². The predicted octanol–water partition coefficient (Wildman–Crippen LogP) is 5.92. The van der Waals surface area contributed by atoms with E-state index < -0.39 is 16.5 Å². The van der Waals surface area contributed by atoms with Gasteiger partial charge in [0.15, 0.2) is 0 Å². The van der Waals surface area contributed by atoms with Gasteiger partial charge in [-0.2, -0.15) is 0 Å². The molecule has 1 unspecified atom stereocenters. The quantitative estimate of drug-likeness (QED) is 0.421. The Bertz CT molecular complexity index is 674. The van der Waals surface area contributed by atoms with Gasteiger partial charge < -0.3 is 10.1 Å². The van der Waals surface area contributed by atoms with Crippen molar-refractivity contribution in [2.24, 2.45) is 11.3 Å². The van der Waals surface area contributed by atoms with Gasteiger partial charge in [-0.1, -0.05) is 59.6 Å². The molecule has 0 aromatic heterocycles. The van der Waals surface area contributed by atoms with Crippen molar-refractivity contribution in [1.29, 1.82) is 0 Å². The zero-order chi connectivity index (χ0) is 20.8. The average Bonchev–Trinajstić information content (AvgIpc) is 2.55. The number of carbonyl (C=O) groups excluding carboxylic acids is 2. The molecule has 0 aliphatic carbocycles. The summed E-state index contributed by atoms with van der Waals surface area (Å²) in [5.74, 6) is -0.983. The number of carbonyl (C=O) groups is 2. The minimum absolute atomic E-state index is 0.0487. The van der Waals surface area contributed by atoms with Gasteiger partial charge in [0.2, 0.25) is 5.91 Å². The van der Waals surface area contributed by atoms with Crippen molar-refractivity contribution in [2.75, 3.05) is 11.9 Å². The summed E-state index contributed by atoms with van der Waals surface area (Å²) in [5, 5.41) is 2.35. The van der Waals surface area contributed by atoms with Crippen LogP contribution in [0.3, 0.4) is 0 Å². The predicted molar refractivity (Wildman–Crippen MR) is 110 cm³/mol. The van der Waals surface area contributed by atoms with Crippen molar-refractivity contribution in [3.8, 4) is 0 Å². The fourth-order valence-corrected chi connectivity index (χ4v) is 3.47. The van der Waals surface area contributed by atoms with E-state index in [2.05, 4.69) is 5.32 Å². The van der Waals surface area contributed by atoms with E-state index >= 15 is 0 Å². The van der Waals surface area contributed by atoms with E-state index in [9.17, 15) is 14.0 Å². The molecule has 1 aromatic rings. The molecule has 1 aromatic carbocycles. The van der Waals surface area contributed by atoms with Gasteiger partial charge in [-0.05, 0) is 24.5 Å². The number of anilines is 1. The minimum atomic E-state index is -0.662. The highest BCUT2D eigenvalue weighted by Crippen LogP contribution is 2.36. The average molecular weight is 418 g/mol. The molecule has 0 spiro atoms. The maximum absolute atomic E-state index is 14.2. The van der Waals surface area contributed by atoms with Gasteiger partial charge in [0.05, 0.1) is 17.3 Å². The Morgan fingerprint density at radius 1 is 1.30 bits per heavy atom. The summed E-state index contributed by atoms with van der Waals surface area (Å²) < 4.78 is 19.6. The van der Waals surface area contributed by atoms with Crippen LogP contribution in [0.4, 0.5) is 10.1 Å². The lowest BCUT2D eigenvalue weighted by atomic mass is 9.95. The first kappa shape index (κ1) is 23.8. The molecule has 0 saturated heterocycles. The second-order valence-electron chi connectivity index (χ2n) is 7.89. The van der Waals surface area contributed by atoms with Crippen LogP contribution in [0.2, 0.25) is 5.02 Å². The molecular weight excluding hydrogens is 389 g/mol. The summed E-state index contributed by atoms with van der Waals surface area (Å²) in [7, 11) is 0. The number of halogens is 2. The molecule has 0 fully saturated rings. The standard InChI is InChI=1S/C20H29ClFNO3S/c1-7-8-16(18(24)26-11-12(2)3)27-17-10-15(14(22)9-13(17)21)23-19(25)20(4,5)6/h9-10,12,16H,7-8,11H2,1-6H3,(H,23,25). The molecule has 0 saturated carbocycles. The van der Waals surface area contributed by atoms with Crippen LogP contribution in [0.1, 0.15) is 54.4 Å². The van der Waals surface area contributed by atoms with Crippen LogP contribution in [0, 0.1) is 17.2 Å². The van der Waals surface area contributed by atoms with Gasteiger partial charge in [0.25, 0.3) is 0 Å². The van der Waals surface area contributed by atoms with Crippen LogP contribution in [-0.4, -0.2) is 23.7 Å². The molecule has 4 nitrogen and oxygen atoms in total. The zero-order valence-corrected chi connectivity index (χ0v) is 18.4. The highest BCUT2D eigenvalue weighted by atomic mass is 35.5. The maximum Gasteiger partial charge on any atom is 0.319 e. The minimum Gasteiger partial charge on any atom is -0.465 e. The summed E-state index contributed by atoms with van der Waals surface area (Å²) in [5.41, 5.74) is -0.613. The van der Waals surface area contributed by atoms with Crippen LogP contribution in [0.25, 0.3) is 0 Å². The lowest BCUT2D eigenvalue weighted by Crippen LogP contribution is -2.28. The summed E-state index contributed by atoms with van der Waals surface area (Å²) in [4.78, 5) is 25.1. The Labute approximate surface area is 170 Å². The molecule has 1 amide bonds. The largest absolute Gasteiger partial charge is 0.465 e. The Morgan fingerprint density at radius 3 is 2.44 bits per heavy atom. The van der Waals surface area contributed by atoms with Gasteiger partial charge in [-0.25, -0.2) is 4.39 Å². The number of hydrogen-bond donors (Lipinski definition) is 1. The van der Waals surface area contributed by atoms with E-state index in [1.807, 2.05) is 20.8 Å². The third kappa shape index (κ3) is 7.70. The molecule has 0 radical (unpaired) electrons. The van der Waals surface area contributed by atoms with Crippen LogP contribution in [0.5, 0.6) is 0 Å². The monoisotopic (exact) mass is 417 g/mol. The second-order valence-corrected chi connectivity index (χ2v) is 9.54. The van der Waals surface area contributed by atoms with Crippen LogP contribution < -0.4 is 5.32 Å². The topological polar surface area (TPSA) is 55.4 Å². The second kappa shape index (κ2) is 10.3. The summed E-state index contributed by atoms with van der Waals surface area (Å²) in [6.45, 7) is 11.5. The molecule has 0 aliphatic rings. The van der Waals surface area contributed by atoms with E-state index in [0.717, 1.165) is 12.5 Å². The number of ether oxygens (including phenoxy) is 1. The summed E-state index contributed by atoms with van der Waals surface area (Å²) in [6.07, 6.45) is 1.40. The van der Waals surface area contributed by atoms with Gasteiger partial charge in [0, 0.05) is 10.3 Å². The number of thioether (sulfide) groups is 1. The van der Waals surface area contributed by atoms with Gasteiger partial charge in [0.1, 0.15) is 11.1 Å². The lowest BCUT2D eigenvalue weighted by molar-refractivity contribution is -0.144. The first-order valence-corrected chi connectivity index (χ1v) is 10.3. The molecule has 152 valence electrons. The normalized spacial score (nSPS) is 12.8. The van der Waals surface area contributed by atoms with Gasteiger partial charge >= 0.3 is 5.97 Å². The number of esters is 1. The Morgan fingerprint density at radius 2 is 1.93 bits per heavy atom. The number of benzene rings is 1.